The van der Waals surface area contributed by atoms with Gasteiger partial charge in [-0.2, -0.15) is 0 Å². The van der Waals surface area contributed by atoms with Gasteiger partial charge in [-0.25, -0.2) is 0 Å². The van der Waals surface area contributed by atoms with E-state index in [4.69, 9.17) is 14.2 Å². The third kappa shape index (κ3) is 5.12. The molecule has 2 aromatic rings. The largest absolute Gasteiger partial charge is 0.493 e. The van der Waals surface area contributed by atoms with Gasteiger partial charge < -0.3 is 24.4 Å². The summed E-state index contributed by atoms with van der Waals surface area (Å²) in [7, 11) is 4.66. The van der Waals surface area contributed by atoms with Crippen LogP contribution in [-0.4, -0.2) is 64.9 Å². The highest BCUT2D eigenvalue weighted by molar-refractivity contribution is 5.93. The van der Waals surface area contributed by atoms with E-state index in [1.165, 1.54) is 11.3 Å². The zero-order chi connectivity index (χ0) is 20.8. The first-order valence-corrected chi connectivity index (χ1v) is 9.68. The van der Waals surface area contributed by atoms with Gasteiger partial charge in [0.1, 0.15) is 0 Å². The molecular formula is C22H29N3O4. The Morgan fingerprint density at radius 2 is 1.62 bits per heavy atom. The van der Waals surface area contributed by atoms with Crippen LogP contribution >= 0.6 is 0 Å². The van der Waals surface area contributed by atoms with Gasteiger partial charge in [0, 0.05) is 49.7 Å². The number of aryl methyl sites for hydroxylation is 1. The van der Waals surface area contributed by atoms with Crippen LogP contribution in [0.1, 0.15) is 5.56 Å². The van der Waals surface area contributed by atoms with Crippen molar-refractivity contribution in [2.24, 2.45) is 0 Å². The lowest BCUT2D eigenvalue weighted by Gasteiger charge is -2.35. The van der Waals surface area contributed by atoms with Crippen LogP contribution in [0, 0.1) is 6.92 Å². The highest BCUT2D eigenvalue weighted by Gasteiger charge is 2.20. The lowest BCUT2D eigenvalue weighted by atomic mass is 10.2. The fourth-order valence-electron chi connectivity index (χ4n) is 3.55. The number of ether oxygens (including phenoxy) is 3. The molecule has 0 saturated carbocycles. The number of amides is 1. The quantitative estimate of drug-likeness (QED) is 0.773. The molecule has 1 amide bonds. The topological polar surface area (TPSA) is 63.3 Å². The highest BCUT2D eigenvalue weighted by atomic mass is 16.5. The molecule has 3 rings (SSSR count). The second-order valence-electron chi connectivity index (χ2n) is 7.06. The van der Waals surface area contributed by atoms with Crippen LogP contribution in [-0.2, 0) is 4.79 Å². The molecule has 0 aliphatic carbocycles. The van der Waals surface area contributed by atoms with Crippen molar-refractivity contribution in [2.75, 3.05) is 64.3 Å². The molecule has 1 N–H and O–H groups in total. The van der Waals surface area contributed by atoms with Crippen molar-refractivity contribution in [1.82, 2.24) is 4.90 Å². The second kappa shape index (κ2) is 9.52. The summed E-state index contributed by atoms with van der Waals surface area (Å²) in [5, 5.41) is 2.93. The van der Waals surface area contributed by atoms with Crippen molar-refractivity contribution >= 4 is 17.3 Å². The Bertz CT molecular complexity index is 823. The predicted octanol–water partition coefficient (Wildman–Crippen LogP) is 2.78. The molecule has 1 fully saturated rings. The zero-order valence-electron chi connectivity index (χ0n) is 17.5. The summed E-state index contributed by atoms with van der Waals surface area (Å²) in [4.78, 5) is 17.1. The highest BCUT2D eigenvalue weighted by Crippen LogP contribution is 2.39. The summed E-state index contributed by atoms with van der Waals surface area (Å²) < 4.78 is 16.0. The van der Waals surface area contributed by atoms with E-state index in [1.807, 2.05) is 0 Å². The fraction of sp³-hybridized carbons (Fsp3) is 0.409. The third-order valence-corrected chi connectivity index (χ3v) is 5.05. The number of anilines is 2. The molecule has 0 spiro atoms. The van der Waals surface area contributed by atoms with E-state index < -0.39 is 0 Å². The minimum atomic E-state index is -0.0664. The van der Waals surface area contributed by atoms with Crippen molar-refractivity contribution < 1.29 is 19.0 Å². The molecule has 2 aromatic carbocycles. The molecule has 1 aliphatic rings. The normalized spacial score (nSPS) is 14.4. The van der Waals surface area contributed by atoms with Crippen LogP contribution < -0.4 is 24.4 Å². The Balaban J connectivity index is 1.56. The molecular weight excluding hydrogens is 370 g/mol. The number of hydrogen-bond acceptors (Lipinski definition) is 6. The standard InChI is InChI=1S/C22H29N3O4/c1-16-6-5-7-18(12-16)25-10-8-24(9-11-25)15-21(26)23-17-13-19(27-2)22(29-4)20(14-17)28-3/h5-7,12-14H,8-11,15H2,1-4H3,(H,23,26). The Morgan fingerprint density at radius 1 is 0.966 bits per heavy atom. The van der Waals surface area contributed by atoms with E-state index in [-0.39, 0.29) is 5.91 Å². The number of carbonyl (C=O) groups is 1. The van der Waals surface area contributed by atoms with Crippen LogP contribution in [0.2, 0.25) is 0 Å². The van der Waals surface area contributed by atoms with Crippen molar-refractivity contribution in [3.8, 4) is 17.2 Å². The summed E-state index contributed by atoms with van der Waals surface area (Å²) in [6.07, 6.45) is 0. The van der Waals surface area contributed by atoms with Gasteiger partial charge in [-0.05, 0) is 24.6 Å². The van der Waals surface area contributed by atoms with E-state index in [9.17, 15) is 4.79 Å². The van der Waals surface area contributed by atoms with Gasteiger partial charge in [0.2, 0.25) is 11.7 Å². The van der Waals surface area contributed by atoms with E-state index in [1.54, 1.807) is 33.5 Å². The van der Waals surface area contributed by atoms with E-state index >= 15 is 0 Å². The van der Waals surface area contributed by atoms with E-state index in [2.05, 4.69) is 46.3 Å². The molecule has 0 bridgehead atoms. The monoisotopic (exact) mass is 399 g/mol. The third-order valence-electron chi connectivity index (χ3n) is 5.05. The number of piperazine rings is 1. The van der Waals surface area contributed by atoms with Crippen LogP contribution in [0.4, 0.5) is 11.4 Å². The average Bonchev–Trinajstić information content (AvgIpc) is 2.73. The molecule has 7 nitrogen and oxygen atoms in total. The smallest absolute Gasteiger partial charge is 0.238 e. The summed E-state index contributed by atoms with van der Waals surface area (Å²) >= 11 is 0. The molecule has 1 aliphatic heterocycles. The summed E-state index contributed by atoms with van der Waals surface area (Å²) in [6, 6.07) is 12.0. The molecule has 1 saturated heterocycles. The van der Waals surface area contributed by atoms with Crippen molar-refractivity contribution in [3.05, 3.63) is 42.0 Å². The number of methoxy groups -OCH3 is 3. The van der Waals surface area contributed by atoms with Gasteiger partial charge in [0.05, 0.1) is 27.9 Å². The molecule has 0 atom stereocenters. The first kappa shape index (κ1) is 20.8. The Labute approximate surface area is 172 Å². The van der Waals surface area contributed by atoms with E-state index in [0.717, 1.165) is 26.2 Å². The van der Waals surface area contributed by atoms with Gasteiger partial charge >= 0.3 is 0 Å². The first-order valence-electron chi connectivity index (χ1n) is 9.68. The first-order chi connectivity index (χ1) is 14.0. The van der Waals surface area contributed by atoms with Crippen molar-refractivity contribution in [3.63, 3.8) is 0 Å². The molecule has 0 radical (unpaired) electrons. The number of benzene rings is 2. The summed E-state index contributed by atoms with van der Waals surface area (Å²) in [5.74, 6) is 1.45. The molecule has 0 aromatic heterocycles. The van der Waals surface area contributed by atoms with Gasteiger partial charge in [-0.3, -0.25) is 9.69 Å². The minimum Gasteiger partial charge on any atom is -0.493 e. The Kier molecular flexibility index (Phi) is 6.82. The van der Waals surface area contributed by atoms with Crippen LogP contribution in [0.25, 0.3) is 0 Å². The maximum atomic E-state index is 12.6. The predicted molar refractivity (Wildman–Crippen MR) is 115 cm³/mol. The maximum Gasteiger partial charge on any atom is 0.238 e. The number of carbonyl (C=O) groups excluding carboxylic acids is 1. The van der Waals surface area contributed by atoms with Crippen LogP contribution in [0.15, 0.2) is 36.4 Å². The second-order valence-corrected chi connectivity index (χ2v) is 7.06. The lowest BCUT2D eigenvalue weighted by molar-refractivity contribution is -0.117. The van der Waals surface area contributed by atoms with Gasteiger partial charge in [0.25, 0.3) is 0 Å². The van der Waals surface area contributed by atoms with Gasteiger partial charge in [-0.15, -0.1) is 0 Å². The number of nitrogens with one attached hydrogen (secondary N) is 1. The minimum absolute atomic E-state index is 0.0664. The SMILES string of the molecule is COc1cc(NC(=O)CN2CCN(c3cccc(C)c3)CC2)cc(OC)c1OC. The molecule has 0 unspecified atom stereocenters. The Hall–Kier alpha value is -2.93. The molecule has 1 heterocycles. The fourth-order valence-corrected chi connectivity index (χ4v) is 3.55. The van der Waals surface area contributed by atoms with E-state index in [0.29, 0.717) is 29.5 Å². The zero-order valence-corrected chi connectivity index (χ0v) is 17.5. The van der Waals surface area contributed by atoms with Crippen molar-refractivity contribution in [2.45, 2.75) is 6.92 Å². The maximum absolute atomic E-state index is 12.6. The van der Waals surface area contributed by atoms with Gasteiger partial charge in [-0.1, -0.05) is 12.1 Å². The Morgan fingerprint density at radius 3 is 2.17 bits per heavy atom. The summed E-state index contributed by atoms with van der Waals surface area (Å²) in [5.41, 5.74) is 3.11. The molecule has 29 heavy (non-hydrogen) atoms. The summed E-state index contributed by atoms with van der Waals surface area (Å²) in [6.45, 7) is 5.95. The number of hydrogen-bond donors (Lipinski definition) is 1. The number of nitrogens with zero attached hydrogens (tertiary/aromatic N) is 2. The van der Waals surface area contributed by atoms with Gasteiger partial charge in [0.15, 0.2) is 11.5 Å². The molecule has 156 valence electrons. The average molecular weight is 399 g/mol. The number of rotatable bonds is 7. The lowest BCUT2D eigenvalue weighted by Crippen LogP contribution is -2.48. The van der Waals surface area contributed by atoms with Crippen molar-refractivity contribution in [1.29, 1.82) is 0 Å². The van der Waals surface area contributed by atoms with Crippen LogP contribution in [0.5, 0.6) is 17.2 Å². The molecule has 7 heteroatoms. The van der Waals surface area contributed by atoms with Crippen LogP contribution in [0.3, 0.4) is 0 Å².